The molecule has 0 spiro atoms. The van der Waals surface area contributed by atoms with Crippen LogP contribution in [-0.4, -0.2) is 78.1 Å². The molecular weight excluding hydrogens is 459 g/mol. The predicted molar refractivity (Wildman–Crippen MR) is 122 cm³/mol. The van der Waals surface area contributed by atoms with E-state index in [9.17, 15) is 0 Å². The van der Waals surface area contributed by atoms with E-state index in [4.69, 9.17) is 14.2 Å². The SMILES string of the molecule is CN=C(NCCN(C)CCCOC)NCC(C)Oc1ccccc1OC.I. The van der Waals surface area contributed by atoms with Gasteiger partial charge in [0, 0.05) is 40.4 Å². The van der Waals surface area contributed by atoms with Crippen LogP contribution in [-0.2, 0) is 4.74 Å². The number of halogens is 1. The van der Waals surface area contributed by atoms with Crippen molar-refractivity contribution < 1.29 is 14.2 Å². The first-order valence-electron chi connectivity index (χ1n) is 9.02. The number of rotatable bonds is 12. The number of ether oxygens (including phenoxy) is 3. The Morgan fingerprint density at radius 1 is 1.15 bits per heavy atom. The third-order valence-electron chi connectivity index (χ3n) is 3.85. The van der Waals surface area contributed by atoms with Crippen LogP contribution in [0.15, 0.2) is 29.3 Å². The van der Waals surface area contributed by atoms with E-state index in [1.807, 2.05) is 31.2 Å². The normalized spacial score (nSPS) is 12.3. The molecule has 0 bridgehead atoms. The molecule has 1 unspecified atom stereocenters. The van der Waals surface area contributed by atoms with E-state index in [-0.39, 0.29) is 30.1 Å². The number of para-hydroxylation sites is 2. The average molecular weight is 494 g/mol. The van der Waals surface area contributed by atoms with Crippen LogP contribution < -0.4 is 20.1 Å². The number of benzene rings is 1. The molecule has 0 fully saturated rings. The smallest absolute Gasteiger partial charge is 0.191 e. The molecule has 0 amide bonds. The van der Waals surface area contributed by atoms with Gasteiger partial charge >= 0.3 is 0 Å². The molecule has 8 heteroatoms. The molecule has 0 aliphatic carbocycles. The summed E-state index contributed by atoms with van der Waals surface area (Å²) in [6, 6.07) is 7.65. The lowest BCUT2D eigenvalue weighted by atomic mass is 10.3. The zero-order chi connectivity index (χ0) is 19.2. The van der Waals surface area contributed by atoms with E-state index in [1.54, 1.807) is 21.3 Å². The Labute approximate surface area is 180 Å². The second kappa shape index (κ2) is 15.8. The Morgan fingerprint density at radius 3 is 2.48 bits per heavy atom. The molecule has 0 saturated heterocycles. The molecule has 1 atom stereocenters. The van der Waals surface area contributed by atoms with Crippen molar-refractivity contribution in [3.8, 4) is 11.5 Å². The van der Waals surface area contributed by atoms with E-state index >= 15 is 0 Å². The number of nitrogens with one attached hydrogen (secondary N) is 2. The zero-order valence-corrected chi connectivity index (χ0v) is 19.5. The van der Waals surface area contributed by atoms with Gasteiger partial charge in [0.15, 0.2) is 17.5 Å². The highest BCUT2D eigenvalue weighted by atomic mass is 127. The molecule has 0 aromatic heterocycles. The standard InChI is InChI=1S/C19H34N4O3.HI/c1-16(26-18-10-7-6-9-17(18)25-5)15-22-19(20-2)21-11-13-23(3)12-8-14-24-4;/h6-7,9-10,16H,8,11-15H2,1-5H3,(H2,20,21,22);1H. The number of methoxy groups -OCH3 is 2. The molecule has 1 aromatic carbocycles. The minimum absolute atomic E-state index is 0. The summed E-state index contributed by atoms with van der Waals surface area (Å²) in [7, 11) is 7.25. The van der Waals surface area contributed by atoms with Crippen LogP contribution in [0.25, 0.3) is 0 Å². The summed E-state index contributed by atoms with van der Waals surface area (Å²) in [6.07, 6.45) is 1.01. The van der Waals surface area contributed by atoms with Crippen LogP contribution in [0.5, 0.6) is 11.5 Å². The molecule has 27 heavy (non-hydrogen) atoms. The fraction of sp³-hybridized carbons (Fsp3) is 0.632. The molecule has 0 heterocycles. The van der Waals surface area contributed by atoms with Crippen molar-refractivity contribution >= 4 is 29.9 Å². The maximum absolute atomic E-state index is 5.94. The average Bonchev–Trinajstić information content (AvgIpc) is 2.65. The fourth-order valence-corrected chi connectivity index (χ4v) is 2.39. The second-order valence-corrected chi connectivity index (χ2v) is 6.11. The highest BCUT2D eigenvalue weighted by molar-refractivity contribution is 14.0. The third kappa shape index (κ3) is 11.2. The highest BCUT2D eigenvalue weighted by Crippen LogP contribution is 2.26. The lowest BCUT2D eigenvalue weighted by molar-refractivity contribution is 0.180. The first-order valence-corrected chi connectivity index (χ1v) is 9.02. The van der Waals surface area contributed by atoms with Crippen LogP contribution in [0.1, 0.15) is 13.3 Å². The lowest BCUT2D eigenvalue weighted by Gasteiger charge is -2.20. The second-order valence-electron chi connectivity index (χ2n) is 6.11. The summed E-state index contributed by atoms with van der Waals surface area (Å²) < 4.78 is 16.3. The van der Waals surface area contributed by atoms with E-state index in [1.165, 1.54) is 0 Å². The third-order valence-corrected chi connectivity index (χ3v) is 3.85. The summed E-state index contributed by atoms with van der Waals surface area (Å²) in [4.78, 5) is 6.52. The van der Waals surface area contributed by atoms with Crippen LogP contribution in [0, 0.1) is 0 Å². The van der Waals surface area contributed by atoms with Crippen LogP contribution >= 0.6 is 24.0 Å². The summed E-state index contributed by atoms with van der Waals surface area (Å²) in [5, 5.41) is 6.61. The topological polar surface area (TPSA) is 67.4 Å². The molecular formula is C19H35IN4O3. The first kappa shape index (κ1) is 25.7. The van der Waals surface area contributed by atoms with Gasteiger partial charge in [0.2, 0.25) is 0 Å². The van der Waals surface area contributed by atoms with Crippen molar-refractivity contribution in [3.05, 3.63) is 24.3 Å². The summed E-state index contributed by atoms with van der Waals surface area (Å²) in [5.74, 6) is 2.24. The Hall–Kier alpha value is -1.26. The van der Waals surface area contributed by atoms with Crippen molar-refractivity contribution in [1.82, 2.24) is 15.5 Å². The van der Waals surface area contributed by atoms with E-state index < -0.39 is 0 Å². The molecule has 1 aromatic rings. The zero-order valence-electron chi connectivity index (χ0n) is 17.2. The van der Waals surface area contributed by atoms with Crippen molar-refractivity contribution in [1.29, 1.82) is 0 Å². The maximum atomic E-state index is 5.94. The lowest BCUT2D eigenvalue weighted by Crippen LogP contribution is -2.44. The molecule has 0 saturated carbocycles. The maximum Gasteiger partial charge on any atom is 0.191 e. The van der Waals surface area contributed by atoms with Gasteiger partial charge in [0.25, 0.3) is 0 Å². The van der Waals surface area contributed by atoms with Gasteiger partial charge in [-0.25, -0.2) is 0 Å². The van der Waals surface area contributed by atoms with Crippen LogP contribution in [0.3, 0.4) is 0 Å². The van der Waals surface area contributed by atoms with Gasteiger partial charge in [-0.3, -0.25) is 4.99 Å². The number of hydrogen-bond acceptors (Lipinski definition) is 5. The highest BCUT2D eigenvalue weighted by Gasteiger charge is 2.09. The van der Waals surface area contributed by atoms with E-state index in [0.29, 0.717) is 6.54 Å². The summed E-state index contributed by atoms with van der Waals surface area (Å²) in [6.45, 7) is 6.23. The van der Waals surface area contributed by atoms with Gasteiger partial charge in [-0.05, 0) is 32.5 Å². The number of hydrogen-bond donors (Lipinski definition) is 2. The Kier molecular flexibility index (Phi) is 15.0. The fourth-order valence-electron chi connectivity index (χ4n) is 2.39. The number of aliphatic imine (C=N–C) groups is 1. The van der Waals surface area contributed by atoms with Gasteiger partial charge in [0.05, 0.1) is 13.7 Å². The number of nitrogens with zero attached hydrogens (tertiary/aromatic N) is 2. The van der Waals surface area contributed by atoms with Crippen molar-refractivity contribution in [2.24, 2.45) is 4.99 Å². The van der Waals surface area contributed by atoms with Gasteiger partial charge in [0.1, 0.15) is 6.10 Å². The van der Waals surface area contributed by atoms with Crippen molar-refractivity contribution in [3.63, 3.8) is 0 Å². The predicted octanol–water partition coefficient (Wildman–Crippen LogP) is 2.21. The quantitative estimate of drug-likeness (QED) is 0.201. The molecule has 0 aliphatic rings. The molecule has 7 nitrogen and oxygen atoms in total. The Balaban J connectivity index is 0.00000676. The minimum Gasteiger partial charge on any atom is -0.493 e. The molecule has 0 radical (unpaired) electrons. The Morgan fingerprint density at radius 2 is 1.85 bits per heavy atom. The molecule has 1 rings (SSSR count). The van der Waals surface area contributed by atoms with Crippen molar-refractivity contribution in [2.45, 2.75) is 19.4 Å². The van der Waals surface area contributed by atoms with Gasteiger partial charge in [-0.15, -0.1) is 24.0 Å². The van der Waals surface area contributed by atoms with Gasteiger partial charge < -0.3 is 29.7 Å². The molecule has 156 valence electrons. The number of guanidine groups is 1. The Bertz CT molecular complexity index is 531. The van der Waals surface area contributed by atoms with Gasteiger partial charge in [-0.2, -0.15) is 0 Å². The van der Waals surface area contributed by atoms with E-state index in [2.05, 4.69) is 27.6 Å². The first-order chi connectivity index (χ1) is 12.6. The molecule has 2 N–H and O–H groups in total. The van der Waals surface area contributed by atoms with Crippen molar-refractivity contribution in [2.75, 3.05) is 61.1 Å². The van der Waals surface area contributed by atoms with Gasteiger partial charge in [-0.1, -0.05) is 12.1 Å². The van der Waals surface area contributed by atoms with Crippen LogP contribution in [0.2, 0.25) is 0 Å². The molecule has 0 aliphatic heterocycles. The van der Waals surface area contributed by atoms with Crippen LogP contribution in [0.4, 0.5) is 0 Å². The summed E-state index contributed by atoms with van der Waals surface area (Å²) in [5.41, 5.74) is 0. The summed E-state index contributed by atoms with van der Waals surface area (Å²) >= 11 is 0. The number of likely N-dealkylation sites (N-methyl/N-ethyl adjacent to an activating group) is 1. The minimum atomic E-state index is -0.0263. The monoisotopic (exact) mass is 494 g/mol. The van der Waals surface area contributed by atoms with E-state index in [0.717, 1.165) is 50.1 Å². The largest absolute Gasteiger partial charge is 0.493 e.